The molecule has 0 unspecified atom stereocenters. The van der Waals surface area contributed by atoms with Gasteiger partial charge in [-0.15, -0.1) is 0 Å². The van der Waals surface area contributed by atoms with E-state index in [1.165, 1.54) is 10.5 Å². The number of aryl methyl sites for hydroxylation is 1. The summed E-state index contributed by atoms with van der Waals surface area (Å²) in [6, 6.07) is 22.6. The number of aliphatic imine (C=N–C) groups is 1. The highest BCUT2D eigenvalue weighted by Crippen LogP contribution is 2.35. The van der Waals surface area contributed by atoms with Gasteiger partial charge in [0.1, 0.15) is 0 Å². The number of pyridine rings is 1. The number of benzene rings is 2. The van der Waals surface area contributed by atoms with Gasteiger partial charge in [-0.1, -0.05) is 47.7 Å². The Balaban J connectivity index is 1.90. The third-order valence-corrected chi connectivity index (χ3v) is 4.51. The van der Waals surface area contributed by atoms with Crippen LogP contribution in [0.15, 0.2) is 87.7 Å². The van der Waals surface area contributed by atoms with Gasteiger partial charge in [0.2, 0.25) is 0 Å². The van der Waals surface area contributed by atoms with Crippen LogP contribution in [0.2, 0.25) is 0 Å². The second kappa shape index (κ2) is 7.25. The molecular formula is C20H18N2S. The van der Waals surface area contributed by atoms with Crippen LogP contribution in [0.3, 0.4) is 0 Å². The molecule has 2 nitrogen and oxygen atoms in total. The topological polar surface area (TPSA) is 25.2 Å². The Kier molecular flexibility index (Phi) is 4.89. The molecule has 1 heterocycles. The predicted octanol–water partition coefficient (Wildman–Crippen LogP) is 5.68. The maximum atomic E-state index is 4.78. The lowest BCUT2D eigenvalue weighted by molar-refractivity contribution is 1.27. The van der Waals surface area contributed by atoms with Crippen molar-refractivity contribution in [3.05, 3.63) is 84.2 Å². The van der Waals surface area contributed by atoms with Gasteiger partial charge in [0.15, 0.2) is 0 Å². The third kappa shape index (κ3) is 4.08. The molecule has 0 aliphatic heterocycles. The number of para-hydroxylation sites is 1. The standard InChI is InChI=1S/C20H18N2S/c1-15-10-12-17(13-11-15)23-20-9-4-3-8-19(20)22-16(2)18-7-5-6-14-21-18/h3-14H,1-2H3/b22-16+. The van der Waals surface area contributed by atoms with E-state index in [0.29, 0.717) is 0 Å². The van der Waals surface area contributed by atoms with Gasteiger partial charge in [-0.25, -0.2) is 0 Å². The third-order valence-electron chi connectivity index (χ3n) is 3.44. The summed E-state index contributed by atoms with van der Waals surface area (Å²) < 4.78 is 0. The molecule has 1 aromatic heterocycles. The van der Waals surface area contributed by atoms with E-state index < -0.39 is 0 Å². The van der Waals surface area contributed by atoms with Gasteiger partial charge in [-0.05, 0) is 50.2 Å². The zero-order chi connectivity index (χ0) is 16.1. The SMILES string of the molecule is C/C(=N\c1ccccc1Sc1ccc(C)cc1)c1ccccn1. The van der Waals surface area contributed by atoms with Crippen molar-refractivity contribution in [3.8, 4) is 0 Å². The molecule has 0 spiro atoms. The van der Waals surface area contributed by atoms with Gasteiger partial charge in [0.25, 0.3) is 0 Å². The minimum atomic E-state index is 0.905. The Bertz CT molecular complexity index is 809. The molecule has 3 aromatic rings. The zero-order valence-electron chi connectivity index (χ0n) is 13.2. The van der Waals surface area contributed by atoms with E-state index in [1.807, 2.05) is 43.3 Å². The van der Waals surface area contributed by atoms with Crippen molar-refractivity contribution in [1.82, 2.24) is 4.98 Å². The molecule has 0 saturated heterocycles. The average Bonchev–Trinajstić information content (AvgIpc) is 2.59. The molecule has 0 radical (unpaired) electrons. The molecule has 0 N–H and O–H groups in total. The van der Waals surface area contributed by atoms with E-state index in [9.17, 15) is 0 Å². The maximum Gasteiger partial charge on any atom is 0.0841 e. The largest absolute Gasteiger partial charge is 0.255 e. The van der Waals surface area contributed by atoms with E-state index in [-0.39, 0.29) is 0 Å². The molecule has 0 atom stereocenters. The molecule has 3 heteroatoms. The second-order valence-electron chi connectivity index (χ2n) is 5.30. The first-order valence-electron chi connectivity index (χ1n) is 7.52. The number of aromatic nitrogens is 1. The molecule has 0 bridgehead atoms. The molecular weight excluding hydrogens is 300 g/mol. The first-order valence-corrected chi connectivity index (χ1v) is 8.34. The van der Waals surface area contributed by atoms with Crippen molar-refractivity contribution in [3.63, 3.8) is 0 Å². The summed E-state index contributed by atoms with van der Waals surface area (Å²) in [7, 11) is 0. The highest BCUT2D eigenvalue weighted by Gasteiger charge is 2.05. The fourth-order valence-electron chi connectivity index (χ4n) is 2.18. The van der Waals surface area contributed by atoms with Crippen molar-refractivity contribution in [2.45, 2.75) is 23.6 Å². The van der Waals surface area contributed by atoms with Crippen molar-refractivity contribution in [1.29, 1.82) is 0 Å². The first kappa shape index (κ1) is 15.5. The van der Waals surface area contributed by atoms with Crippen LogP contribution >= 0.6 is 11.8 Å². The van der Waals surface area contributed by atoms with Crippen LogP contribution in [-0.4, -0.2) is 10.7 Å². The summed E-state index contributed by atoms with van der Waals surface area (Å²) in [4.78, 5) is 11.5. The van der Waals surface area contributed by atoms with E-state index in [0.717, 1.165) is 22.0 Å². The Morgan fingerprint density at radius 3 is 2.39 bits per heavy atom. The van der Waals surface area contributed by atoms with E-state index in [4.69, 9.17) is 4.99 Å². The number of hydrogen-bond donors (Lipinski definition) is 0. The zero-order valence-corrected chi connectivity index (χ0v) is 14.0. The number of rotatable bonds is 4. The van der Waals surface area contributed by atoms with Crippen LogP contribution in [0.5, 0.6) is 0 Å². The molecule has 0 aliphatic carbocycles. The summed E-state index contributed by atoms with van der Waals surface area (Å²) in [6.07, 6.45) is 1.79. The lowest BCUT2D eigenvalue weighted by atomic mass is 10.2. The van der Waals surface area contributed by atoms with Gasteiger partial charge in [-0.3, -0.25) is 9.98 Å². The van der Waals surface area contributed by atoms with Gasteiger partial charge in [0.05, 0.1) is 17.1 Å². The minimum Gasteiger partial charge on any atom is -0.255 e. The fourth-order valence-corrected chi connectivity index (χ4v) is 3.07. The lowest BCUT2D eigenvalue weighted by Crippen LogP contribution is -1.96. The highest BCUT2D eigenvalue weighted by atomic mass is 32.2. The van der Waals surface area contributed by atoms with Gasteiger partial charge in [0, 0.05) is 16.0 Å². The van der Waals surface area contributed by atoms with E-state index in [1.54, 1.807) is 18.0 Å². The summed E-state index contributed by atoms with van der Waals surface area (Å²) in [5.41, 5.74) is 4.07. The number of hydrogen-bond acceptors (Lipinski definition) is 3. The molecule has 0 aliphatic rings. The van der Waals surface area contributed by atoms with E-state index in [2.05, 4.69) is 42.2 Å². The van der Waals surface area contributed by atoms with Crippen LogP contribution < -0.4 is 0 Å². The summed E-state index contributed by atoms with van der Waals surface area (Å²) in [6.45, 7) is 4.10. The molecule has 114 valence electrons. The van der Waals surface area contributed by atoms with Crippen molar-refractivity contribution in [2.24, 2.45) is 4.99 Å². The summed E-state index contributed by atoms with van der Waals surface area (Å²) >= 11 is 1.73. The van der Waals surface area contributed by atoms with Crippen LogP contribution in [0.25, 0.3) is 0 Å². The molecule has 3 rings (SSSR count). The predicted molar refractivity (Wildman–Crippen MR) is 97.9 cm³/mol. The van der Waals surface area contributed by atoms with Crippen molar-refractivity contribution >= 4 is 23.2 Å². The Morgan fingerprint density at radius 1 is 0.913 bits per heavy atom. The Hall–Kier alpha value is -2.39. The first-order chi connectivity index (χ1) is 11.2. The smallest absolute Gasteiger partial charge is 0.0841 e. The molecule has 0 saturated carbocycles. The van der Waals surface area contributed by atoms with Gasteiger partial charge >= 0.3 is 0 Å². The van der Waals surface area contributed by atoms with Crippen LogP contribution in [0.1, 0.15) is 18.2 Å². The van der Waals surface area contributed by atoms with Gasteiger partial charge < -0.3 is 0 Å². The average molecular weight is 318 g/mol. The van der Waals surface area contributed by atoms with Crippen LogP contribution in [0.4, 0.5) is 5.69 Å². The lowest BCUT2D eigenvalue weighted by Gasteiger charge is -2.07. The minimum absolute atomic E-state index is 0.905. The quantitative estimate of drug-likeness (QED) is 0.578. The monoisotopic (exact) mass is 318 g/mol. The molecule has 2 aromatic carbocycles. The summed E-state index contributed by atoms with van der Waals surface area (Å²) in [5, 5.41) is 0. The maximum absolute atomic E-state index is 4.78. The normalized spacial score (nSPS) is 11.5. The number of nitrogens with zero attached hydrogens (tertiary/aromatic N) is 2. The summed E-state index contributed by atoms with van der Waals surface area (Å²) in [5.74, 6) is 0. The van der Waals surface area contributed by atoms with Crippen LogP contribution in [0, 0.1) is 6.92 Å². The van der Waals surface area contributed by atoms with Crippen molar-refractivity contribution in [2.75, 3.05) is 0 Å². The highest BCUT2D eigenvalue weighted by molar-refractivity contribution is 7.99. The second-order valence-corrected chi connectivity index (χ2v) is 6.41. The molecule has 0 amide bonds. The van der Waals surface area contributed by atoms with Crippen LogP contribution in [-0.2, 0) is 0 Å². The van der Waals surface area contributed by atoms with Crippen molar-refractivity contribution < 1.29 is 0 Å². The molecule has 23 heavy (non-hydrogen) atoms. The Morgan fingerprint density at radius 2 is 1.65 bits per heavy atom. The Labute approximate surface area is 141 Å². The van der Waals surface area contributed by atoms with E-state index >= 15 is 0 Å². The molecule has 0 fully saturated rings. The fraction of sp³-hybridized carbons (Fsp3) is 0.100. The van der Waals surface area contributed by atoms with Gasteiger partial charge in [-0.2, -0.15) is 0 Å².